The summed E-state index contributed by atoms with van der Waals surface area (Å²) >= 11 is 8.92. The molecule has 0 radical (unpaired) electrons. The highest BCUT2D eigenvalue weighted by Gasteiger charge is 2.69. The monoisotopic (exact) mass is 476 g/mol. The molecule has 2 saturated carbocycles. The zero-order chi connectivity index (χ0) is 21.6. The Morgan fingerprint density at radius 2 is 1.81 bits per heavy atom. The maximum atomic E-state index is 13.1. The van der Waals surface area contributed by atoms with Crippen LogP contribution in [0.25, 0.3) is 0 Å². The van der Waals surface area contributed by atoms with Crippen molar-refractivity contribution in [3.05, 3.63) is 49.4 Å². The zero-order valence-corrected chi connectivity index (χ0v) is 18.4. The Labute approximate surface area is 189 Å². The summed E-state index contributed by atoms with van der Waals surface area (Å²) in [6, 6.07) is 7.60. The van der Waals surface area contributed by atoms with Crippen LogP contribution in [0.5, 0.6) is 0 Å². The molecule has 1 aromatic carbocycles. The Hall–Kier alpha value is -2.10. The predicted octanol–water partition coefficient (Wildman–Crippen LogP) is 2.65. The van der Waals surface area contributed by atoms with Crippen LogP contribution in [0.1, 0.15) is 22.8 Å². The molecule has 2 N–H and O–H groups in total. The van der Waals surface area contributed by atoms with Crippen molar-refractivity contribution in [3.63, 3.8) is 0 Å². The summed E-state index contributed by atoms with van der Waals surface area (Å²) in [6.07, 6.45) is 0.777. The van der Waals surface area contributed by atoms with E-state index in [1.54, 1.807) is 11.8 Å². The van der Waals surface area contributed by atoms with E-state index in [0.717, 1.165) is 26.8 Å². The average molecular weight is 477 g/mol. The lowest BCUT2D eigenvalue weighted by atomic mass is 9.68. The molecule has 2 amide bonds. The molecule has 0 spiro atoms. The van der Waals surface area contributed by atoms with Gasteiger partial charge in [-0.25, -0.2) is 0 Å². The topological polar surface area (TPSA) is 108 Å². The van der Waals surface area contributed by atoms with Crippen LogP contribution in [0.2, 0.25) is 5.02 Å². The fraction of sp³-hybridized carbons (Fsp3) is 0.429. The first kappa shape index (κ1) is 19.6. The van der Waals surface area contributed by atoms with Crippen LogP contribution >= 0.6 is 34.7 Å². The highest BCUT2D eigenvalue weighted by molar-refractivity contribution is 8.00. The second kappa shape index (κ2) is 6.70. The van der Waals surface area contributed by atoms with Crippen LogP contribution in [0.4, 0.5) is 0 Å². The number of hydrogen-bond donors (Lipinski definition) is 2. The molecule has 2 aliphatic heterocycles. The number of benzene rings is 1. The second-order valence-corrected chi connectivity index (χ2v) is 11.3. The van der Waals surface area contributed by atoms with Crippen LogP contribution in [-0.2, 0) is 14.4 Å². The van der Waals surface area contributed by atoms with Crippen molar-refractivity contribution < 1.29 is 19.5 Å². The Bertz CT molecular complexity index is 1190. The van der Waals surface area contributed by atoms with Crippen molar-refractivity contribution in [1.82, 2.24) is 9.88 Å². The Morgan fingerprint density at radius 3 is 2.48 bits per heavy atom. The summed E-state index contributed by atoms with van der Waals surface area (Å²) in [6.45, 7) is -0.576. The largest absolute Gasteiger partial charge is 0.480 e. The van der Waals surface area contributed by atoms with Crippen molar-refractivity contribution in [2.75, 3.05) is 6.54 Å². The van der Waals surface area contributed by atoms with Gasteiger partial charge in [0.2, 0.25) is 11.8 Å². The molecule has 7 atom stereocenters. The van der Waals surface area contributed by atoms with Gasteiger partial charge in [0.25, 0.3) is 0 Å². The van der Waals surface area contributed by atoms with Crippen molar-refractivity contribution in [1.29, 1.82) is 0 Å². The van der Waals surface area contributed by atoms with Crippen LogP contribution in [0, 0.1) is 29.6 Å². The normalized spacial score (nSPS) is 35.3. The fourth-order valence-electron chi connectivity index (χ4n) is 6.41. The van der Waals surface area contributed by atoms with Crippen LogP contribution < -0.4 is 4.87 Å². The van der Waals surface area contributed by atoms with E-state index < -0.39 is 24.3 Å². The predicted molar refractivity (Wildman–Crippen MR) is 114 cm³/mol. The number of fused-ring (bicyclic) bond motifs is 9. The number of likely N-dealkylation sites (tertiary alicyclic amines) is 1. The number of carbonyl (C=O) groups is 3. The summed E-state index contributed by atoms with van der Waals surface area (Å²) in [5.41, 5.74) is 1.04. The number of aromatic amines is 1. The van der Waals surface area contributed by atoms with Gasteiger partial charge in [-0.15, -0.1) is 11.8 Å². The molecule has 7 nitrogen and oxygen atoms in total. The first-order valence-electron chi connectivity index (χ1n) is 10.1. The lowest BCUT2D eigenvalue weighted by molar-refractivity contribution is -0.149. The maximum absolute atomic E-state index is 13.1. The van der Waals surface area contributed by atoms with E-state index in [0.29, 0.717) is 5.02 Å². The van der Waals surface area contributed by atoms with Crippen molar-refractivity contribution >= 4 is 52.5 Å². The molecule has 31 heavy (non-hydrogen) atoms. The Kier molecular flexibility index (Phi) is 4.23. The number of hydrogen-bond acceptors (Lipinski definition) is 6. The standard InChI is InChI=1S/C21H17ClN2O5S2/c22-8-3-1-7(2-4-8)12-13-9-5-10(16(13)30-18-17(12)31-21(29)23-18)15-14(9)19(27)24(20(15)28)6-11(25)26/h1-4,9-10,12-16H,5-6H2,(H,23,29)(H,25,26)/t9-,10-,12+,13-,14+,15-,16+/m1/s1. The highest BCUT2D eigenvalue weighted by atomic mass is 35.5. The minimum absolute atomic E-state index is 0.00778. The van der Waals surface area contributed by atoms with Crippen molar-refractivity contribution in [3.8, 4) is 0 Å². The van der Waals surface area contributed by atoms with Gasteiger partial charge in [0, 0.05) is 21.1 Å². The van der Waals surface area contributed by atoms with Gasteiger partial charge in [-0.05, 0) is 41.9 Å². The number of aromatic nitrogens is 1. The molecular weight excluding hydrogens is 460 g/mol. The van der Waals surface area contributed by atoms with Crippen molar-refractivity contribution in [2.45, 2.75) is 22.6 Å². The van der Waals surface area contributed by atoms with Crippen molar-refractivity contribution in [2.24, 2.45) is 29.6 Å². The number of thioether (sulfide) groups is 1. The van der Waals surface area contributed by atoms with Crippen LogP contribution in [0.3, 0.4) is 0 Å². The number of rotatable bonds is 3. The summed E-state index contributed by atoms with van der Waals surface area (Å²) in [5.74, 6) is -2.80. The van der Waals surface area contributed by atoms with E-state index >= 15 is 0 Å². The smallest absolute Gasteiger partial charge is 0.323 e. The zero-order valence-electron chi connectivity index (χ0n) is 16.0. The quantitative estimate of drug-likeness (QED) is 0.659. The Balaban J connectivity index is 1.45. The summed E-state index contributed by atoms with van der Waals surface area (Å²) in [4.78, 5) is 54.3. The number of nitrogens with one attached hydrogen (secondary N) is 1. The third-order valence-electron chi connectivity index (χ3n) is 7.34. The van der Waals surface area contributed by atoms with Gasteiger partial charge in [0.05, 0.1) is 16.9 Å². The highest BCUT2D eigenvalue weighted by Crippen LogP contribution is 2.68. The molecule has 3 heterocycles. The molecule has 2 aromatic rings. The minimum Gasteiger partial charge on any atom is -0.480 e. The first-order valence-corrected chi connectivity index (χ1v) is 12.1. The Morgan fingerprint density at radius 1 is 1.13 bits per heavy atom. The fourth-order valence-corrected chi connectivity index (χ4v) is 9.43. The van der Waals surface area contributed by atoms with E-state index in [2.05, 4.69) is 4.98 Å². The molecule has 4 aliphatic rings. The first-order chi connectivity index (χ1) is 14.8. The number of amides is 2. The van der Waals surface area contributed by atoms with Gasteiger partial charge in [0.15, 0.2) is 0 Å². The summed E-state index contributed by atoms with van der Waals surface area (Å²) < 4.78 is 0. The summed E-state index contributed by atoms with van der Waals surface area (Å²) in [7, 11) is 0. The van der Waals surface area contributed by atoms with E-state index in [1.807, 2.05) is 24.3 Å². The minimum atomic E-state index is -1.18. The number of thiazole rings is 1. The molecule has 0 unspecified atom stereocenters. The van der Waals surface area contributed by atoms with E-state index in [9.17, 15) is 19.2 Å². The average Bonchev–Trinajstić information content (AvgIpc) is 3.44. The molecule has 160 valence electrons. The lowest BCUT2D eigenvalue weighted by Crippen LogP contribution is -2.42. The third kappa shape index (κ3) is 2.66. The van der Waals surface area contributed by atoms with Gasteiger partial charge in [-0.1, -0.05) is 35.1 Å². The number of carbonyl (C=O) groups excluding carboxylic acids is 2. The third-order valence-corrected chi connectivity index (χ3v) is 10.2. The van der Waals surface area contributed by atoms with Gasteiger partial charge in [-0.3, -0.25) is 24.1 Å². The van der Waals surface area contributed by atoms with Gasteiger partial charge in [0.1, 0.15) is 6.54 Å². The molecule has 6 rings (SSSR count). The number of aliphatic carboxylic acids is 1. The molecule has 3 fully saturated rings. The molecular formula is C21H17ClN2O5S2. The van der Waals surface area contributed by atoms with Gasteiger partial charge >= 0.3 is 10.8 Å². The maximum Gasteiger partial charge on any atom is 0.323 e. The van der Waals surface area contributed by atoms with Crippen LogP contribution in [-0.4, -0.2) is 44.6 Å². The van der Waals surface area contributed by atoms with E-state index in [1.165, 1.54) is 11.3 Å². The molecule has 2 aliphatic carbocycles. The number of H-pyrrole nitrogens is 1. The van der Waals surface area contributed by atoms with E-state index in [-0.39, 0.29) is 45.6 Å². The van der Waals surface area contributed by atoms with Crippen LogP contribution in [0.15, 0.2) is 34.1 Å². The van der Waals surface area contributed by atoms with Gasteiger partial charge in [-0.2, -0.15) is 0 Å². The number of imide groups is 1. The molecule has 1 aromatic heterocycles. The second-order valence-electron chi connectivity index (χ2n) is 8.67. The molecule has 2 bridgehead atoms. The number of halogens is 1. The van der Waals surface area contributed by atoms with Gasteiger partial charge < -0.3 is 10.1 Å². The lowest BCUT2D eigenvalue weighted by Gasteiger charge is -2.43. The number of nitrogens with zero attached hydrogens (tertiary/aromatic N) is 1. The molecule has 1 saturated heterocycles. The van der Waals surface area contributed by atoms with E-state index in [4.69, 9.17) is 16.7 Å². The number of carboxylic acids is 1. The summed E-state index contributed by atoms with van der Waals surface area (Å²) in [5, 5.41) is 10.7. The SMILES string of the molecule is O=C(O)CN1C(=O)[C@@H]2[C@H]3C[C@@H]([C@@H]2C1=O)[C@@H]1[C@H](c2ccc(Cl)cc2)c2sc(=O)[nH]c2S[C@@H]31. The number of carboxylic acid groups (broad SMARTS) is 1. The molecule has 10 heteroatoms.